The molecule has 0 heterocycles. The lowest BCUT2D eigenvalue weighted by Crippen LogP contribution is -2.29. The molecule has 0 saturated carbocycles. The molecule has 0 radical (unpaired) electrons. The van der Waals surface area contributed by atoms with Gasteiger partial charge in [-0.05, 0) is 18.4 Å². The molecule has 0 bridgehead atoms. The van der Waals surface area contributed by atoms with Crippen molar-refractivity contribution in [2.24, 2.45) is 0 Å². The van der Waals surface area contributed by atoms with Gasteiger partial charge in [0.15, 0.2) is 0 Å². The molecule has 1 rings (SSSR count). The topological polar surface area (TPSA) is 41.1 Å². The molecule has 0 spiro atoms. The second-order valence-electron chi connectivity index (χ2n) is 3.55. The molecule has 1 atom stereocenters. The van der Waals surface area contributed by atoms with Crippen molar-refractivity contribution in [2.75, 3.05) is 25.2 Å². The van der Waals surface area contributed by atoms with E-state index in [9.17, 15) is 4.79 Å². The van der Waals surface area contributed by atoms with Gasteiger partial charge in [-0.15, -0.1) is 0 Å². The number of carbonyl (C=O) groups is 1. The molecule has 4 heteroatoms. The molecule has 1 aromatic rings. The van der Waals surface area contributed by atoms with Gasteiger partial charge in [-0.3, -0.25) is 4.79 Å². The molecular weight excluding hydrogens is 220 g/mol. The normalized spacial score (nSPS) is 11.9. The van der Waals surface area contributed by atoms with E-state index in [4.69, 9.17) is 0 Å². The Hall–Kier alpha value is -1.16. The van der Waals surface area contributed by atoms with E-state index in [1.165, 1.54) is 0 Å². The summed E-state index contributed by atoms with van der Waals surface area (Å²) in [6.45, 7) is 2.78. The van der Waals surface area contributed by atoms with Crippen LogP contribution in [0.2, 0.25) is 0 Å². The molecule has 16 heavy (non-hydrogen) atoms. The average molecular weight is 238 g/mol. The van der Waals surface area contributed by atoms with E-state index in [2.05, 4.69) is 17.6 Å². The van der Waals surface area contributed by atoms with Gasteiger partial charge >= 0.3 is 0 Å². The molecule has 2 N–H and O–H groups in total. The Morgan fingerprint density at radius 3 is 2.75 bits per heavy atom. The van der Waals surface area contributed by atoms with Gasteiger partial charge in [-0.25, -0.2) is 0 Å². The molecule has 3 nitrogen and oxygen atoms in total. The first kappa shape index (κ1) is 12.9. The summed E-state index contributed by atoms with van der Waals surface area (Å²) in [5, 5.41) is 6.37. The van der Waals surface area contributed by atoms with Crippen LogP contribution in [0, 0.1) is 0 Å². The van der Waals surface area contributed by atoms with Gasteiger partial charge in [-0.2, -0.15) is 11.8 Å². The summed E-state index contributed by atoms with van der Waals surface area (Å²) < 4.78 is 0. The van der Waals surface area contributed by atoms with Crippen LogP contribution >= 0.6 is 11.8 Å². The highest BCUT2D eigenvalue weighted by atomic mass is 32.2. The Morgan fingerprint density at radius 2 is 2.12 bits per heavy atom. The summed E-state index contributed by atoms with van der Waals surface area (Å²) in [5.41, 5.74) is 1.55. The highest BCUT2D eigenvalue weighted by Gasteiger charge is 2.10. The van der Waals surface area contributed by atoms with Crippen LogP contribution in [0.15, 0.2) is 24.3 Å². The van der Waals surface area contributed by atoms with Crippen LogP contribution in [-0.4, -0.2) is 31.0 Å². The lowest BCUT2D eigenvalue weighted by atomic mass is 10.1. The number of benzene rings is 1. The lowest BCUT2D eigenvalue weighted by molar-refractivity contribution is 0.0955. The highest BCUT2D eigenvalue weighted by Crippen LogP contribution is 2.14. The van der Waals surface area contributed by atoms with E-state index in [0.29, 0.717) is 17.4 Å². The second-order valence-corrected chi connectivity index (χ2v) is 4.83. The fourth-order valence-electron chi connectivity index (χ4n) is 1.31. The van der Waals surface area contributed by atoms with E-state index in [-0.39, 0.29) is 5.91 Å². The minimum atomic E-state index is -0.0224. The maximum atomic E-state index is 11.9. The molecule has 0 saturated heterocycles. The molecule has 88 valence electrons. The fourth-order valence-corrected chi connectivity index (χ4v) is 1.56. The van der Waals surface area contributed by atoms with E-state index in [1.807, 2.05) is 37.6 Å². The zero-order valence-electron chi connectivity index (χ0n) is 9.91. The smallest absolute Gasteiger partial charge is 0.253 e. The van der Waals surface area contributed by atoms with Crippen LogP contribution in [0.3, 0.4) is 0 Å². The molecule has 0 aliphatic rings. The molecule has 1 amide bonds. The Balaban J connectivity index is 2.65. The van der Waals surface area contributed by atoms with Crippen molar-refractivity contribution >= 4 is 23.4 Å². The van der Waals surface area contributed by atoms with Crippen molar-refractivity contribution in [3.8, 4) is 0 Å². The number of para-hydroxylation sites is 1. The van der Waals surface area contributed by atoms with Crippen molar-refractivity contribution in [3.05, 3.63) is 29.8 Å². The predicted octanol–water partition coefficient (Wildman–Crippen LogP) is 2.21. The molecule has 0 aromatic heterocycles. The zero-order valence-corrected chi connectivity index (χ0v) is 10.7. The van der Waals surface area contributed by atoms with Crippen molar-refractivity contribution in [1.82, 2.24) is 5.32 Å². The first-order valence-corrected chi connectivity index (χ1v) is 6.55. The largest absolute Gasteiger partial charge is 0.387 e. The number of thioether (sulfide) groups is 1. The number of amides is 1. The summed E-state index contributed by atoms with van der Waals surface area (Å²) in [5.74, 6) is -0.0224. The number of carbonyl (C=O) groups excluding carboxylic acids is 1. The maximum absolute atomic E-state index is 11.9. The SMILES string of the molecule is CNc1ccccc1C(=O)NCC(C)SC. The zero-order chi connectivity index (χ0) is 12.0. The summed E-state index contributed by atoms with van der Waals surface area (Å²) in [6.07, 6.45) is 2.04. The van der Waals surface area contributed by atoms with E-state index >= 15 is 0 Å². The number of hydrogen-bond acceptors (Lipinski definition) is 3. The van der Waals surface area contributed by atoms with Gasteiger partial charge in [0, 0.05) is 24.5 Å². The van der Waals surface area contributed by atoms with Gasteiger partial charge in [0.25, 0.3) is 5.91 Å². The molecule has 0 aliphatic carbocycles. The van der Waals surface area contributed by atoms with E-state index in [0.717, 1.165) is 5.69 Å². The first-order chi connectivity index (χ1) is 7.69. The Bertz CT molecular complexity index is 355. The Labute approximate surface area is 101 Å². The minimum absolute atomic E-state index is 0.0224. The average Bonchev–Trinajstić information content (AvgIpc) is 2.35. The van der Waals surface area contributed by atoms with Crippen LogP contribution in [-0.2, 0) is 0 Å². The fraction of sp³-hybridized carbons (Fsp3) is 0.417. The molecule has 1 aromatic carbocycles. The van der Waals surface area contributed by atoms with Crippen molar-refractivity contribution in [1.29, 1.82) is 0 Å². The third-order valence-corrected chi connectivity index (χ3v) is 3.36. The van der Waals surface area contributed by atoms with Crippen molar-refractivity contribution in [2.45, 2.75) is 12.2 Å². The Kier molecular flexibility index (Phi) is 5.19. The van der Waals surface area contributed by atoms with Crippen LogP contribution in [0.25, 0.3) is 0 Å². The van der Waals surface area contributed by atoms with E-state index < -0.39 is 0 Å². The van der Waals surface area contributed by atoms with Crippen molar-refractivity contribution in [3.63, 3.8) is 0 Å². The predicted molar refractivity (Wildman–Crippen MR) is 71.3 cm³/mol. The first-order valence-electron chi connectivity index (χ1n) is 5.26. The third kappa shape index (κ3) is 3.45. The lowest BCUT2D eigenvalue weighted by Gasteiger charge is -2.12. The van der Waals surface area contributed by atoms with Crippen molar-refractivity contribution < 1.29 is 4.79 Å². The number of anilines is 1. The van der Waals surface area contributed by atoms with Gasteiger partial charge in [0.1, 0.15) is 0 Å². The number of hydrogen-bond donors (Lipinski definition) is 2. The highest BCUT2D eigenvalue weighted by molar-refractivity contribution is 7.99. The van der Waals surface area contributed by atoms with Gasteiger partial charge in [0.2, 0.25) is 0 Å². The molecule has 1 unspecified atom stereocenters. The molecule has 0 aliphatic heterocycles. The van der Waals surface area contributed by atoms with Crippen LogP contribution < -0.4 is 10.6 Å². The Morgan fingerprint density at radius 1 is 1.44 bits per heavy atom. The number of rotatable bonds is 5. The summed E-state index contributed by atoms with van der Waals surface area (Å²) in [7, 11) is 1.82. The maximum Gasteiger partial charge on any atom is 0.253 e. The van der Waals surface area contributed by atoms with E-state index in [1.54, 1.807) is 11.8 Å². The summed E-state index contributed by atoms with van der Waals surface area (Å²) in [4.78, 5) is 11.9. The summed E-state index contributed by atoms with van der Waals surface area (Å²) in [6, 6.07) is 7.50. The summed E-state index contributed by atoms with van der Waals surface area (Å²) >= 11 is 1.74. The van der Waals surface area contributed by atoms with Crippen LogP contribution in [0.4, 0.5) is 5.69 Å². The quantitative estimate of drug-likeness (QED) is 0.826. The van der Waals surface area contributed by atoms with Crippen LogP contribution in [0.5, 0.6) is 0 Å². The third-order valence-electron chi connectivity index (χ3n) is 2.39. The molecule has 0 fully saturated rings. The second kappa shape index (κ2) is 6.43. The molecular formula is C12H18N2OS. The van der Waals surface area contributed by atoms with Gasteiger partial charge in [-0.1, -0.05) is 19.1 Å². The monoisotopic (exact) mass is 238 g/mol. The van der Waals surface area contributed by atoms with Gasteiger partial charge in [0.05, 0.1) is 5.56 Å². The number of nitrogens with one attached hydrogen (secondary N) is 2. The van der Waals surface area contributed by atoms with Gasteiger partial charge < -0.3 is 10.6 Å². The standard InChI is InChI=1S/C12H18N2OS/c1-9(16-3)8-14-12(15)10-6-4-5-7-11(10)13-2/h4-7,9,13H,8H2,1-3H3,(H,14,15). The minimum Gasteiger partial charge on any atom is -0.387 e. The van der Waals surface area contributed by atoms with Crippen LogP contribution in [0.1, 0.15) is 17.3 Å².